The number of nitrogens with zero attached hydrogens (tertiary/aromatic N) is 4. The Balaban J connectivity index is 0.967. The van der Waals surface area contributed by atoms with Crippen LogP contribution in [0.4, 0.5) is 11.4 Å². The molecule has 7 rings (SSSR count). The third kappa shape index (κ3) is 9.72. The summed E-state index contributed by atoms with van der Waals surface area (Å²) < 4.78 is 24.2. The Morgan fingerprint density at radius 1 is 0.462 bits per heavy atom. The number of hydrogen-bond donors (Lipinski definition) is 0. The fourth-order valence-corrected chi connectivity index (χ4v) is 5.58. The Bertz CT molecular complexity index is 1850. The van der Waals surface area contributed by atoms with Gasteiger partial charge in [-0.2, -0.15) is 10.2 Å². The Hall–Kier alpha value is -6.22. The molecular formula is C44H40N4O4. The van der Waals surface area contributed by atoms with Gasteiger partial charge in [0.2, 0.25) is 0 Å². The van der Waals surface area contributed by atoms with Crippen molar-refractivity contribution in [2.75, 3.05) is 23.2 Å². The average molecular weight is 689 g/mol. The van der Waals surface area contributed by atoms with Gasteiger partial charge in [0.25, 0.3) is 12.6 Å². The standard InChI is InChI=1S/C44H40N4O4/c1-5-13-37(14-6-1)33-47(39-17-9-3-10-18-39)45-31-35-21-25-41(26-22-35)51-43-44(50-30-29-49-43)52-42-27-23-36(24-28-42)32-46-48(40-19-11-4-12-20-40)34-38-15-7-2-8-16-38/h1-28,31-32,43-44H,29-30,33-34H2/b45-31-,46-32-/t43-,44+. The highest BCUT2D eigenvalue weighted by atomic mass is 16.8. The summed E-state index contributed by atoms with van der Waals surface area (Å²) in [5.41, 5.74) is 6.25. The van der Waals surface area contributed by atoms with E-state index in [0.29, 0.717) is 37.8 Å². The smallest absolute Gasteiger partial charge is 0.263 e. The Morgan fingerprint density at radius 3 is 1.17 bits per heavy atom. The van der Waals surface area contributed by atoms with Gasteiger partial charge in [-0.1, -0.05) is 97.1 Å². The molecule has 0 N–H and O–H groups in total. The fourth-order valence-electron chi connectivity index (χ4n) is 5.58. The van der Waals surface area contributed by atoms with Crippen molar-refractivity contribution in [1.29, 1.82) is 0 Å². The van der Waals surface area contributed by atoms with Crippen molar-refractivity contribution < 1.29 is 18.9 Å². The van der Waals surface area contributed by atoms with Crippen LogP contribution >= 0.6 is 0 Å². The van der Waals surface area contributed by atoms with Gasteiger partial charge in [0, 0.05) is 0 Å². The van der Waals surface area contributed by atoms with Gasteiger partial charge in [0.05, 0.1) is 50.1 Å². The van der Waals surface area contributed by atoms with Gasteiger partial charge in [0.1, 0.15) is 11.5 Å². The molecule has 1 saturated heterocycles. The second kappa shape index (κ2) is 17.6. The van der Waals surface area contributed by atoms with Crippen LogP contribution in [0.5, 0.6) is 11.5 Å². The number of para-hydroxylation sites is 2. The molecule has 0 aliphatic carbocycles. The maximum Gasteiger partial charge on any atom is 0.263 e. The zero-order valence-electron chi connectivity index (χ0n) is 28.7. The predicted octanol–water partition coefficient (Wildman–Crippen LogP) is 8.92. The molecule has 1 aliphatic rings. The first kappa shape index (κ1) is 34.2. The van der Waals surface area contributed by atoms with Gasteiger partial charge >= 0.3 is 0 Å². The lowest BCUT2D eigenvalue weighted by atomic mass is 10.2. The van der Waals surface area contributed by atoms with Crippen LogP contribution in [0.15, 0.2) is 180 Å². The summed E-state index contributed by atoms with van der Waals surface area (Å²) >= 11 is 0. The van der Waals surface area contributed by atoms with E-state index in [1.165, 1.54) is 11.1 Å². The number of hydrogen-bond acceptors (Lipinski definition) is 8. The van der Waals surface area contributed by atoms with Crippen LogP contribution in [0.1, 0.15) is 22.3 Å². The molecule has 0 unspecified atom stereocenters. The fraction of sp³-hybridized carbons (Fsp3) is 0.136. The first-order valence-electron chi connectivity index (χ1n) is 17.3. The molecule has 1 fully saturated rings. The molecule has 0 bridgehead atoms. The second-order valence-electron chi connectivity index (χ2n) is 12.1. The number of rotatable bonds is 14. The van der Waals surface area contributed by atoms with E-state index in [-0.39, 0.29) is 0 Å². The van der Waals surface area contributed by atoms with E-state index in [2.05, 4.69) is 48.5 Å². The van der Waals surface area contributed by atoms with Crippen LogP contribution in [0.2, 0.25) is 0 Å². The lowest BCUT2D eigenvalue weighted by molar-refractivity contribution is -0.271. The van der Waals surface area contributed by atoms with Gasteiger partial charge in [-0.25, -0.2) is 0 Å². The first-order chi connectivity index (χ1) is 25.7. The number of benzene rings is 6. The van der Waals surface area contributed by atoms with E-state index in [9.17, 15) is 0 Å². The molecule has 2 atom stereocenters. The quantitative estimate of drug-likeness (QED) is 0.0841. The molecule has 6 aromatic rings. The molecule has 6 aromatic carbocycles. The average Bonchev–Trinajstić information content (AvgIpc) is 3.21. The van der Waals surface area contributed by atoms with Crippen LogP contribution < -0.4 is 19.5 Å². The molecule has 1 heterocycles. The van der Waals surface area contributed by atoms with E-state index in [1.54, 1.807) is 0 Å². The van der Waals surface area contributed by atoms with E-state index in [0.717, 1.165) is 22.5 Å². The van der Waals surface area contributed by atoms with Gasteiger partial charge < -0.3 is 18.9 Å². The summed E-state index contributed by atoms with van der Waals surface area (Å²) in [5, 5.41) is 13.6. The third-order valence-electron chi connectivity index (χ3n) is 8.29. The highest BCUT2D eigenvalue weighted by molar-refractivity contribution is 5.81. The molecule has 1 aliphatic heterocycles. The summed E-state index contributed by atoms with van der Waals surface area (Å²) in [6, 6.07) is 56.3. The highest BCUT2D eigenvalue weighted by Crippen LogP contribution is 2.23. The Morgan fingerprint density at radius 2 is 0.808 bits per heavy atom. The van der Waals surface area contributed by atoms with Crippen LogP contribution in [0, 0.1) is 0 Å². The van der Waals surface area contributed by atoms with E-state index in [4.69, 9.17) is 29.2 Å². The predicted molar refractivity (Wildman–Crippen MR) is 207 cm³/mol. The minimum absolute atomic E-state index is 0.405. The minimum atomic E-state index is -0.744. The lowest BCUT2D eigenvalue weighted by Crippen LogP contribution is -2.45. The highest BCUT2D eigenvalue weighted by Gasteiger charge is 2.31. The van der Waals surface area contributed by atoms with Gasteiger partial charge in [-0.05, 0) is 95.1 Å². The van der Waals surface area contributed by atoms with E-state index >= 15 is 0 Å². The number of ether oxygens (including phenoxy) is 4. The summed E-state index contributed by atoms with van der Waals surface area (Å²) in [5.74, 6) is 1.27. The molecule has 260 valence electrons. The second-order valence-corrected chi connectivity index (χ2v) is 12.1. The minimum Gasteiger partial charge on any atom is -0.458 e. The summed E-state index contributed by atoms with van der Waals surface area (Å²) in [6.07, 6.45) is 2.21. The Labute approximate surface area is 304 Å². The molecule has 8 heteroatoms. The van der Waals surface area contributed by atoms with Crippen LogP contribution in [-0.4, -0.2) is 38.2 Å². The molecule has 0 saturated carbocycles. The van der Waals surface area contributed by atoms with Crippen molar-refractivity contribution in [2.45, 2.75) is 25.7 Å². The topological polar surface area (TPSA) is 68.1 Å². The third-order valence-corrected chi connectivity index (χ3v) is 8.29. The Kier molecular flexibility index (Phi) is 11.6. The van der Waals surface area contributed by atoms with E-state index in [1.807, 2.05) is 144 Å². The lowest BCUT2D eigenvalue weighted by Gasteiger charge is -2.31. The van der Waals surface area contributed by atoms with Crippen molar-refractivity contribution in [3.63, 3.8) is 0 Å². The molecular weight excluding hydrogens is 649 g/mol. The summed E-state index contributed by atoms with van der Waals surface area (Å²) in [4.78, 5) is 0. The zero-order chi connectivity index (χ0) is 35.2. The molecule has 0 aromatic heterocycles. The molecule has 0 spiro atoms. The number of hydrazone groups is 2. The van der Waals surface area contributed by atoms with Crippen molar-refractivity contribution in [3.8, 4) is 11.5 Å². The van der Waals surface area contributed by atoms with Crippen molar-refractivity contribution >= 4 is 23.8 Å². The zero-order valence-corrected chi connectivity index (χ0v) is 28.7. The van der Waals surface area contributed by atoms with Crippen molar-refractivity contribution in [2.24, 2.45) is 10.2 Å². The monoisotopic (exact) mass is 688 g/mol. The maximum absolute atomic E-state index is 6.19. The van der Waals surface area contributed by atoms with Gasteiger partial charge in [0.15, 0.2) is 0 Å². The molecule has 0 radical (unpaired) electrons. The van der Waals surface area contributed by atoms with Crippen LogP contribution in [0.25, 0.3) is 0 Å². The van der Waals surface area contributed by atoms with Crippen molar-refractivity contribution in [1.82, 2.24) is 0 Å². The normalized spacial score (nSPS) is 15.8. The van der Waals surface area contributed by atoms with Crippen LogP contribution in [0.3, 0.4) is 0 Å². The molecule has 8 nitrogen and oxygen atoms in total. The van der Waals surface area contributed by atoms with Gasteiger partial charge in [-0.3, -0.25) is 10.0 Å². The summed E-state index contributed by atoms with van der Waals surface area (Å²) in [6.45, 7) is 2.12. The van der Waals surface area contributed by atoms with Crippen LogP contribution in [-0.2, 0) is 22.6 Å². The molecule has 52 heavy (non-hydrogen) atoms. The maximum atomic E-state index is 6.19. The SMILES string of the molecule is C(=N/N(Cc1ccccc1)c1ccccc1)/c1ccc(O[C@H]2OCCO[C@H]2Oc2ccc(/C=N\N(Cc3ccccc3)c3ccccc3)cc2)cc1. The van der Waals surface area contributed by atoms with Crippen molar-refractivity contribution in [3.05, 3.63) is 192 Å². The largest absolute Gasteiger partial charge is 0.458 e. The van der Waals surface area contributed by atoms with E-state index < -0.39 is 12.6 Å². The number of anilines is 2. The first-order valence-corrected chi connectivity index (χ1v) is 17.3. The molecule has 0 amide bonds. The van der Waals surface area contributed by atoms with Gasteiger partial charge in [-0.15, -0.1) is 0 Å². The summed E-state index contributed by atoms with van der Waals surface area (Å²) in [7, 11) is 0.